The molecular weight excluding hydrogens is 272 g/mol. The Hall–Kier alpha value is -0.870. The number of thiophene rings is 1. The van der Waals surface area contributed by atoms with Gasteiger partial charge in [0, 0.05) is 10.6 Å². The fourth-order valence-electron chi connectivity index (χ4n) is 1.12. The van der Waals surface area contributed by atoms with E-state index in [0.29, 0.717) is 0 Å². The number of hydrogen-bond acceptors (Lipinski definition) is 6. The molecule has 2 rings (SSSR count). The monoisotopic (exact) mass is 282 g/mol. The molecule has 6 heteroatoms. The van der Waals surface area contributed by atoms with Crippen molar-refractivity contribution in [3.8, 4) is 11.8 Å². The quantitative estimate of drug-likeness (QED) is 0.694. The SMILES string of the molecule is Cc1nsc(SCc2ccc(C#CCO)s2)n1. The molecule has 0 aliphatic heterocycles. The second kappa shape index (κ2) is 6.17. The van der Waals surface area contributed by atoms with Crippen LogP contribution in [0.2, 0.25) is 0 Å². The summed E-state index contributed by atoms with van der Waals surface area (Å²) in [5.74, 6) is 7.27. The van der Waals surface area contributed by atoms with Gasteiger partial charge in [-0.1, -0.05) is 23.6 Å². The minimum absolute atomic E-state index is 0.0912. The summed E-state index contributed by atoms with van der Waals surface area (Å²) in [5.41, 5.74) is 0. The zero-order valence-corrected chi connectivity index (χ0v) is 11.6. The van der Waals surface area contributed by atoms with Gasteiger partial charge in [-0.2, -0.15) is 4.37 Å². The largest absolute Gasteiger partial charge is 0.384 e. The summed E-state index contributed by atoms with van der Waals surface area (Å²) in [5, 5.41) is 8.60. The highest BCUT2D eigenvalue weighted by Gasteiger charge is 2.03. The van der Waals surface area contributed by atoms with Gasteiger partial charge in [-0.15, -0.1) is 11.3 Å². The van der Waals surface area contributed by atoms with Crippen LogP contribution in [0.15, 0.2) is 16.5 Å². The van der Waals surface area contributed by atoms with E-state index < -0.39 is 0 Å². The standard InChI is InChI=1S/C11H10N2OS3/c1-8-12-11(17-13-8)15-7-10-5-4-9(16-10)3-2-6-14/h4-5,14H,6-7H2,1H3. The first kappa shape index (κ1) is 12.6. The van der Waals surface area contributed by atoms with Gasteiger partial charge in [0.1, 0.15) is 12.4 Å². The molecule has 0 bridgehead atoms. The Kier molecular flexibility index (Phi) is 4.57. The maximum Gasteiger partial charge on any atom is 0.170 e. The zero-order valence-electron chi connectivity index (χ0n) is 9.14. The van der Waals surface area contributed by atoms with Crippen LogP contribution in [0.4, 0.5) is 0 Å². The van der Waals surface area contributed by atoms with Crippen molar-refractivity contribution in [2.45, 2.75) is 17.0 Å². The van der Waals surface area contributed by atoms with Gasteiger partial charge < -0.3 is 5.11 Å². The molecule has 0 fully saturated rings. The third kappa shape index (κ3) is 3.82. The maximum absolute atomic E-state index is 8.60. The Morgan fingerprint density at radius 2 is 2.35 bits per heavy atom. The normalized spacial score (nSPS) is 10.0. The van der Waals surface area contributed by atoms with Crippen LogP contribution in [-0.4, -0.2) is 21.1 Å². The first-order chi connectivity index (χ1) is 8.28. The zero-order chi connectivity index (χ0) is 12.1. The molecule has 0 radical (unpaired) electrons. The third-order valence-electron chi connectivity index (χ3n) is 1.80. The highest BCUT2D eigenvalue weighted by Crippen LogP contribution is 2.27. The van der Waals surface area contributed by atoms with Crippen LogP contribution < -0.4 is 0 Å². The van der Waals surface area contributed by atoms with Gasteiger partial charge in [0.05, 0.1) is 4.88 Å². The van der Waals surface area contributed by atoms with Gasteiger partial charge in [-0.3, -0.25) is 0 Å². The van der Waals surface area contributed by atoms with E-state index in [1.807, 2.05) is 13.0 Å². The molecule has 0 saturated carbocycles. The predicted molar refractivity (Wildman–Crippen MR) is 72.5 cm³/mol. The minimum Gasteiger partial charge on any atom is -0.384 e. The van der Waals surface area contributed by atoms with Crippen molar-refractivity contribution in [3.63, 3.8) is 0 Å². The smallest absolute Gasteiger partial charge is 0.170 e. The van der Waals surface area contributed by atoms with Gasteiger partial charge in [0.15, 0.2) is 4.34 Å². The number of nitrogens with zero attached hydrogens (tertiary/aromatic N) is 2. The maximum atomic E-state index is 8.60. The molecule has 1 N–H and O–H groups in total. The number of aliphatic hydroxyl groups is 1. The van der Waals surface area contributed by atoms with E-state index in [2.05, 4.69) is 27.3 Å². The van der Waals surface area contributed by atoms with Crippen molar-refractivity contribution in [3.05, 3.63) is 27.7 Å². The molecular formula is C11H10N2OS3. The van der Waals surface area contributed by atoms with E-state index in [-0.39, 0.29) is 6.61 Å². The molecule has 0 aromatic carbocycles. The molecule has 3 nitrogen and oxygen atoms in total. The Balaban J connectivity index is 1.93. The van der Waals surface area contributed by atoms with E-state index in [1.54, 1.807) is 23.1 Å². The summed E-state index contributed by atoms with van der Waals surface area (Å²) in [6.07, 6.45) is 0. The number of thioether (sulfide) groups is 1. The molecule has 0 aliphatic carbocycles. The lowest BCUT2D eigenvalue weighted by atomic mass is 10.4. The van der Waals surface area contributed by atoms with Gasteiger partial charge >= 0.3 is 0 Å². The minimum atomic E-state index is -0.0912. The van der Waals surface area contributed by atoms with Crippen LogP contribution in [0, 0.1) is 18.8 Å². The second-order valence-electron chi connectivity index (χ2n) is 3.12. The predicted octanol–water partition coefficient (Wildman–Crippen LogP) is 2.54. The molecule has 0 saturated heterocycles. The van der Waals surface area contributed by atoms with Crippen LogP contribution >= 0.6 is 34.6 Å². The number of aliphatic hydroxyl groups excluding tert-OH is 1. The first-order valence-corrected chi connectivity index (χ1v) is 7.47. The molecule has 0 aliphatic rings. The highest BCUT2D eigenvalue weighted by atomic mass is 32.2. The van der Waals surface area contributed by atoms with Crippen molar-refractivity contribution < 1.29 is 5.11 Å². The lowest BCUT2D eigenvalue weighted by molar-refractivity contribution is 0.350. The third-order valence-corrected chi connectivity index (χ3v) is 4.96. The van der Waals surface area contributed by atoms with Crippen LogP contribution in [-0.2, 0) is 5.75 Å². The van der Waals surface area contributed by atoms with Crippen LogP contribution in [0.5, 0.6) is 0 Å². The van der Waals surface area contributed by atoms with E-state index >= 15 is 0 Å². The Morgan fingerprint density at radius 3 is 3.06 bits per heavy atom. The topological polar surface area (TPSA) is 46.0 Å². The van der Waals surface area contributed by atoms with E-state index in [1.165, 1.54) is 16.4 Å². The van der Waals surface area contributed by atoms with Crippen LogP contribution in [0.3, 0.4) is 0 Å². The van der Waals surface area contributed by atoms with Gasteiger partial charge in [0.25, 0.3) is 0 Å². The summed E-state index contributed by atoms with van der Waals surface area (Å²) < 4.78 is 5.14. The summed E-state index contributed by atoms with van der Waals surface area (Å²) in [7, 11) is 0. The van der Waals surface area contributed by atoms with Gasteiger partial charge in [0.2, 0.25) is 0 Å². The molecule has 2 aromatic heterocycles. The number of hydrogen-bond donors (Lipinski definition) is 1. The highest BCUT2D eigenvalue weighted by molar-refractivity contribution is 8.00. The van der Waals surface area contributed by atoms with Gasteiger partial charge in [-0.25, -0.2) is 4.98 Å². The van der Waals surface area contributed by atoms with Crippen molar-refractivity contribution >= 4 is 34.6 Å². The summed E-state index contributed by atoms with van der Waals surface area (Å²) in [4.78, 5) is 6.54. The van der Waals surface area contributed by atoms with Crippen LogP contribution in [0.25, 0.3) is 0 Å². The van der Waals surface area contributed by atoms with Crippen LogP contribution in [0.1, 0.15) is 15.6 Å². The molecule has 2 heterocycles. The fourth-order valence-corrected chi connectivity index (χ4v) is 3.69. The lowest BCUT2D eigenvalue weighted by Gasteiger charge is -1.91. The summed E-state index contributed by atoms with van der Waals surface area (Å²) >= 11 is 4.77. The van der Waals surface area contributed by atoms with E-state index in [0.717, 1.165) is 20.8 Å². The summed E-state index contributed by atoms with van der Waals surface area (Å²) in [6, 6.07) is 4.04. The Labute approximate surface area is 112 Å². The fraction of sp³-hybridized carbons (Fsp3) is 0.273. The Morgan fingerprint density at radius 1 is 1.47 bits per heavy atom. The average Bonchev–Trinajstić information content (AvgIpc) is 2.93. The molecule has 2 aromatic rings. The first-order valence-electron chi connectivity index (χ1n) is 4.89. The number of aryl methyl sites for hydroxylation is 1. The Bertz CT molecular complexity index is 550. The van der Waals surface area contributed by atoms with Crippen molar-refractivity contribution in [2.24, 2.45) is 0 Å². The molecule has 88 valence electrons. The van der Waals surface area contributed by atoms with Crippen molar-refractivity contribution in [1.82, 2.24) is 9.36 Å². The molecule has 0 amide bonds. The average molecular weight is 282 g/mol. The van der Waals surface area contributed by atoms with Crippen molar-refractivity contribution in [1.29, 1.82) is 0 Å². The lowest BCUT2D eigenvalue weighted by Crippen LogP contribution is -1.74. The summed E-state index contributed by atoms with van der Waals surface area (Å²) in [6.45, 7) is 1.81. The second-order valence-corrected chi connectivity index (χ2v) is 6.26. The van der Waals surface area contributed by atoms with Gasteiger partial charge in [-0.05, 0) is 30.6 Å². The molecule has 0 spiro atoms. The van der Waals surface area contributed by atoms with E-state index in [4.69, 9.17) is 5.11 Å². The molecule has 0 unspecified atom stereocenters. The number of rotatable bonds is 3. The van der Waals surface area contributed by atoms with Crippen molar-refractivity contribution in [2.75, 3.05) is 6.61 Å². The molecule has 17 heavy (non-hydrogen) atoms. The number of aromatic nitrogens is 2. The molecule has 0 atom stereocenters. The van der Waals surface area contributed by atoms with E-state index in [9.17, 15) is 0 Å².